The van der Waals surface area contributed by atoms with Crippen LogP contribution < -0.4 is 0 Å². The number of aliphatic imine (C=N–C) groups is 1. The molecule has 108 valence electrons. The van der Waals surface area contributed by atoms with Gasteiger partial charge in [0.15, 0.2) is 5.75 Å². The summed E-state index contributed by atoms with van der Waals surface area (Å²) in [6.07, 6.45) is 0. The van der Waals surface area contributed by atoms with Crippen LogP contribution in [0.5, 0.6) is 11.5 Å². The highest BCUT2D eigenvalue weighted by Crippen LogP contribution is 2.48. The van der Waals surface area contributed by atoms with Crippen LogP contribution in [-0.4, -0.2) is 53.0 Å². The van der Waals surface area contributed by atoms with Crippen LogP contribution in [0.3, 0.4) is 0 Å². The van der Waals surface area contributed by atoms with Gasteiger partial charge in [-0.1, -0.05) is 18.2 Å². The molecule has 1 aliphatic heterocycles. The van der Waals surface area contributed by atoms with Crippen LogP contribution in [0.1, 0.15) is 12.5 Å². The van der Waals surface area contributed by atoms with E-state index >= 15 is 0 Å². The summed E-state index contributed by atoms with van der Waals surface area (Å²) in [6.45, 7) is 7.26. The fourth-order valence-electron chi connectivity index (χ4n) is 2.26. The molecular formula is C14H18ClN3O2. The lowest BCUT2D eigenvalue weighted by Gasteiger charge is -2.33. The topological polar surface area (TPSA) is 59.3 Å². The van der Waals surface area contributed by atoms with E-state index in [4.69, 9.17) is 11.6 Å². The van der Waals surface area contributed by atoms with E-state index in [0.717, 1.165) is 5.84 Å². The molecule has 0 amide bonds. The van der Waals surface area contributed by atoms with Crippen LogP contribution in [0.15, 0.2) is 17.6 Å². The largest absolute Gasteiger partial charge is 0.507 e. The Hall–Kier alpha value is -1.72. The zero-order valence-electron chi connectivity index (χ0n) is 11.8. The van der Waals surface area contributed by atoms with E-state index in [2.05, 4.69) is 11.6 Å². The van der Waals surface area contributed by atoms with Crippen LogP contribution in [0.4, 0.5) is 5.69 Å². The van der Waals surface area contributed by atoms with Crippen LogP contribution in [0, 0.1) is 0 Å². The van der Waals surface area contributed by atoms with Crippen molar-refractivity contribution in [2.24, 2.45) is 4.99 Å². The molecule has 1 aliphatic rings. The Morgan fingerprint density at radius 1 is 1.40 bits per heavy atom. The van der Waals surface area contributed by atoms with Crippen molar-refractivity contribution in [1.82, 2.24) is 9.80 Å². The van der Waals surface area contributed by atoms with Gasteiger partial charge in [-0.2, -0.15) is 0 Å². The molecule has 20 heavy (non-hydrogen) atoms. The predicted molar refractivity (Wildman–Crippen MR) is 81.8 cm³/mol. The van der Waals surface area contributed by atoms with Crippen molar-refractivity contribution in [3.63, 3.8) is 0 Å². The van der Waals surface area contributed by atoms with Crippen LogP contribution in [0.25, 0.3) is 5.70 Å². The number of benzene rings is 1. The van der Waals surface area contributed by atoms with Gasteiger partial charge in [-0.25, -0.2) is 4.99 Å². The molecule has 0 spiro atoms. The van der Waals surface area contributed by atoms with Crippen molar-refractivity contribution < 1.29 is 10.2 Å². The van der Waals surface area contributed by atoms with Crippen LogP contribution >= 0.6 is 11.6 Å². The molecule has 0 fully saturated rings. The maximum Gasteiger partial charge on any atom is 0.160 e. The minimum atomic E-state index is -0.132. The minimum absolute atomic E-state index is 0.0288. The highest BCUT2D eigenvalue weighted by Gasteiger charge is 2.28. The Kier molecular flexibility index (Phi) is 3.92. The minimum Gasteiger partial charge on any atom is -0.507 e. The lowest BCUT2D eigenvalue weighted by molar-refractivity contribution is 0.438. The smallest absolute Gasteiger partial charge is 0.160 e. The summed E-state index contributed by atoms with van der Waals surface area (Å²) < 4.78 is 0. The summed E-state index contributed by atoms with van der Waals surface area (Å²) in [4.78, 5) is 8.34. The normalized spacial score (nSPS) is 14.6. The molecule has 0 bridgehead atoms. The van der Waals surface area contributed by atoms with E-state index < -0.39 is 0 Å². The average Bonchev–Trinajstić information content (AvgIpc) is 2.35. The molecule has 6 heteroatoms. The Morgan fingerprint density at radius 2 is 2.05 bits per heavy atom. The Bertz CT molecular complexity index is 597. The van der Waals surface area contributed by atoms with E-state index in [0.29, 0.717) is 24.4 Å². The molecule has 2 rings (SSSR count). The van der Waals surface area contributed by atoms with Gasteiger partial charge in [0.1, 0.15) is 17.3 Å². The maximum absolute atomic E-state index is 10.1. The number of rotatable bonds is 3. The van der Waals surface area contributed by atoms with Gasteiger partial charge in [-0.3, -0.25) is 0 Å². The molecule has 0 saturated heterocycles. The summed E-state index contributed by atoms with van der Waals surface area (Å²) in [7, 11) is 3.87. The summed E-state index contributed by atoms with van der Waals surface area (Å²) in [6, 6.07) is 1.31. The van der Waals surface area contributed by atoms with Crippen LogP contribution in [-0.2, 0) is 0 Å². The first-order chi connectivity index (χ1) is 9.36. The van der Waals surface area contributed by atoms with E-state index in [1.807, 2.05) is 30.8 Å². The van der Waals surface area contributed by atoms with E-state index in [-0.39, 0.29) is 22.2 Å². The van der Waals surface area contributed by atoms with Gasteiger partial charge < -0.3 is 20.0 Å². The number of amidine groups is 1. The Balaban J connectivity index is 2.66. The van der Waals surface area contributed by atoms with Gasteiger partial charge >= 0.3 is 0 Å². The second-order valence-electron chi connectivity index (χ2n) is 4.91. The molecule has 0 aromatic heterocycles. The predicted octanol–water partition coefficient (Wildman–Crippen LogP) is 2.65. The summed E-state index contributed by atoms with van der Waals surface area (Å²) in [5.74, 6) is 0.596. The number of fused-ring (bicyclic) bond motifs is 1. The molecule has 1 aromatic rings. The van der Waals surface area contributed by atoms with Crippen molar-refractivity contribution in [2.75, 3.05) is 27.2 Å². The van der Waals surface area contributed by atoms with E-state index in [1.54, 1.807) is 0 Å². The van der Waals surface area contributed by atoms with Gasteiger partial charge in [0.2, 0.25) is 0 Å². The third-order valence-corrected chi connectivity index (χ3v) is 3.44. The molecule has 0 unspecified atom stereocenters. The molecule has 0 radical (unpaired) electrons. The van der Waals surface area contributed by atoms with Crippen molar-refractivity contribution in [3.05, 3.63) is 23.2 Å². The first kappa shape index (κ1) is 14.7. The highest BCUT2D eigenvalue weighted by molar-refractivity contribution is 6.33. The molecule has 2 N–H and O–H groups in total. The maximum atomic E-state index is 10.1. The van der Waals surface area contributed by atoms with E-state index in [9.17, 15) is 10.2 Å². The fourth-order valence-corrected chi connectivity index (χ4v) is 2.46. The number of phenols is 2. The number of likely N-dealkylation sites (N-methyl/N-ethyl adjacent to an activating group) is 2. The molecule has 0 atom stereocenters. The number of aromatic hydroxyl groups is 2. The summed E-state index contributed by atoms with van der Waals surface area (Å²) >= 11 is 5.89. The quantitative estimate of drug-likeness (QED) is 0.842. The zero-order valence-corrected chi connectivity index (χ0v) is 12.6. The standard InChI is InChI=1S/C14H18ClN3O2/c1-5-18-8(2)12-10(19)6-9(15)14(20)13(12)16-11(18)7-17(3)4/h6,19-20H,2,5,7H2,1,3-4H3. The molecule has 5 nitrogen and oxygen atoms in total. The monoisotopic (exact) mass is 295 g/mol. The first-order valence-corrected chi connectivity index (χ1v) is 6.68. The number of halogens is 1. The highest BCUT2D eigenvalue weighted by atomic mass is 35.5. The summed E-state index contributed by atoms with van der Waals surface area (Å²) in [5, 5.41) is 20.2. The Morgan fingerprint density at radius 3 is 2.60 bits per heavy atom. The van der Waals surface area contributed by atoms with E-state index in [1.165, 1.54) is 6.07 Å². The number of nitrogens with zero attached hydrogens (tertiary/aromatic N) is 3. The number of phenolic OH excluding ortho intramolecular Hbond substituents is 2. The fraction of sp³-hybridized carbons (Fsp3) is 0.357. The van der Waals surface area contributed by atoms with Gasteiger partial charge in [0.05, 0.1) is 17.1 Å². The first-order valence-electron chi connectivity index (χ1n) is 6.30. The third kappa shape index (κ3) is 2.34. The van der Waals surface area contributed by atoms with Crippen molar-refractivity contribution >= 4 is 28.8 Å². The molecular weight excluding hydrogens is 278 g/mol. The second-order valence-corrected chi connectivity index (χ2v) is 5.31. The molecule has 1 heterocycles. The lowest BCUT2D eigenvalue weighted by Crippen LogP contribution is -2.38. The second kappa shape index (κ2) is 5.34. The van der Waals surface area contributed by atoms with Crippen LogP contribution in [0.2, 0.25) is 5.02 Å². The van der Waals surface area contributed by atoms with Crippen molar-refractivity contribution in [2.45, 2.75) is 6.92 Å². The van der Waals surface area contributed by atoms with Gasteiger partial charge in [-0.05, 0) is 21.0 Å². The van der Waals surface area contributed by atoms with Crippen molar-refractivity contribution in [3.8, 4) is 11.5 Å². The summed E-state index contributed by atoms with van der Waals surface area (Å²) in [5.41, 5.74) is 1.32. The SMILES string of the molecule is C=C1c2c(O)cc(Cl)c(O)c2N=C(CN(C)C)N1CC. The number of hydrogen-bond donors (Lipinski definition) is 2. The molecule has 0 saturated carbocycles. The van der Waals surface area contributed by atoms with Gasteiger partial charge in [0.25, 0.3) is 0 Å². The van der Waals surface area contributed by atoms with Gasteiger partial charge in [-0.15, -0.1) is 0 Å². The third-order valence-electron chi connectivity index (χ3n) is 3.15. The molecule has 1 aromatic carbocycles. The average molecular weight is 296 g/mol. The van der Waals surface area contributed by atoms with Gasteiger partial charge in [0, 0.05) is 18.3 Å². The number of hydrogen-bond acceptors (Lipinski definition) is 5. The van der Waals surface area contributed by atoms with Crippen molar-refractivity contribution in [1.29, 1.82) is 0 Å². The lowest BCUT2D eigenvalue weighted by atomic mass is 10.0. The molecule has 0 aliphatic carbocycles. The Labute approximate surface area is 123 Å². The zero-order chi connectivity index (χ0) is 15.0.